The molecule has 2 aromatic carbocycles. The number of thiophene rings is 1. The van der Waals surface area contributed by atoms with Crippen LogP contribution >= 0.6 is 11.3 Å². The molecule has 0 spiro atoms. The van der Waals surface area contributed by atoms with E-state index in [-0.39, 0.29) is 17.1 Å². The van der Waals surface area contributed by atoms with E-state index in [1.54, 1.807) is 11.3 Å². The summed E-state index contributed by atoms with van der Waals surface area (Å²) in [5, 5.41) is 5.56. The molecule has 0 saturated heterocycles. The van der Waals surface area contributed by atoms with E-state index in [1.165, 1.54) is 0 Å². The third kappa shape index (κ3) is 3.56. The van der Waals surface area contributed by atoms with Gasteiger partial charge in [0.05, 0.1) is 11.4 Å². The van der Waals surface area contributed by atoms with Gasteiger partial charge in [-0.1, -0.05) is 49.7 Å². The number of hydrogen-bond acceptors (Lipinski definition) is 4. The highest BCUT2D eigenvalue weighted by atomic mass is 32.1. The maximum Gasteiger partial charge on any atom is 0.259 e. The third-order valence-electron chi connectivity index (χ3n) is 6.23. The number of fused-ring (bicyclic) bond motifs is 1. The minimum atomic E-state index is -0.460. The number of amides is 1. The highest BCUT2D eigenvalue weighted by Crippen LogP contribution is 2.49. The van der Waals surface area contributed by atoms with Crippen molar-refractivity contribution >= 4 is 34.4 Å². The van der Waals surface area contributed by atoms with Gasteiger partial charge in [-0.25, -0.2) is 0 Å². The second kappa shape index (κ2) is 7.75. The fraction of sp³-hybridized carbons (Fsp3) is 0.259. The number of nitrogens with zero attached hydrogens (tertiary/aromatic N) is 1. The standard InChI is InChI=1S/C27H26N2O2S/c1-17-10-12-18(13-11-17)26(31)29-21-8-5-4-7-19(21)28-20-15-27(2,3)16-22(30)24(20)25(29)23-9-6-14-32-23/h4-14,25,28H,15-16H2,1-3H3. The lowest BCUT2D eigenvalue weighted by Crippen LogP contribution is -2.39. The Labute approximate surface area is 192 Å². The van der Waals surface area contributed by atoms with E-state index in [2.05, 4.69) is 19.2 Å². The van der Waals surface area contributed by atoms with Crippen molar-refractivity contribution in [2.75, 3.05) is 10.2 Å². The Kier molecular flexibility index (Phi) is 5.01. The van der Waals surface area contributed by atoms with E-state index in [0.717, 1.165) is 33.9 Å². The maximum atomic E-state index is 14.0. The minimum Gasteiger partial charge on any atom is -0.357 e. The third-order valence-corrected chi connectivity index (χ3v) is 7.16. The number of hydrogen-bond donors (Lipinski definition) is 1. The molecule has 0 fully saturated rings. The van der Waals surface area contributed by atoms with Crippen LogP contribution in [0.15, 0.2) is 77.3 Å². The number of para-hydroxylation sites is 2. The molecule has 1 aromatic heterocycles. The molecule has 2 heterocycles. The summed E-state index contributed by atoms with van der Waals surface area (Å²) >= 11 is 1.58. The van der Waals surface area contributed by atoms with Crippen LogP contribution in [0.3, 0.4) is 0 Å². The van der Waals surface area contributed by atoms with Crippen molar-refractivity contribution in [2.45, 2.75) is 39.7 Å². The highest BCUT2D eigenvalue weighted by molar-refractivity contribution is 7.10. The molecule has 4 nitrogen and oxygen atoms in total. The Morgan fingerprint density at radius 2 is 1.78 bits per heavy atom. The zero-order chi connectivity index (χ0) is 22.5. The first kappa shape index (κ1) is 20.7. The molecule has 0 bridgehead atoms. The number of nitrogens with one attached hydrogen (secondary N) is 1. The Morgan fingerprint density at radius 3 is 2.50 bits per heavy atom. The van der Waals surface area contributed by atoms with Gasteiger partial charge in [0, 0.05) is 28.1 Å². The maximum absolute atomic E-state index is 14.0. The first-order chi connectivity index (χ1) is 15.3. The first-order valence-electron chi connectivity index (χ1n) is 10.9. The summed E-state index contributed by atoms with van der Waals surface area (Å²) in [5.41, 5.74) is 4.86. The van der Waals surface area contributed by atoms with Crippen LogP contribution < -0.4 is 10.2 Å². The molecule has 0 radical (unpaired) electrons. The number of anilines is 2. The quantitative estimate of drug-likeness (QED) is 0.492. The summed E-state index contributed by atoms with van der Waals surface area (Å²) in [5.74, 6) is 0.000644. The van der Waals surface area contributed by atoms with Crippen molar-refractivity contribution in [1.29, 1.82) is 0 Å². The van der Waals surface area contributed by atoms with Gasteiger partial charge in [0.1, 0.15) is 6.04 Å². The summed E-state index contributed by atoms with van der Waals surface area (Å²) in [4.78, 5) is 30.4. The van der Waals surface area contributed by atoms with Gasteiger partial charge in [-0.2, -0.15) is 0 Å². The van der Waals surface area contributed by atoms with Gasteiger partial charge in [-0.15, -0.1) is 11.3 Å². The van der Waals surface area contributed by atoms with Gasteiger partial charge >= 0.3 is 0 Å². The molecular weight excluding hydrogens is 416 g/mol. The van der Waals surface area contributed by atoms with Crippen LogP contribution in [0.25, 0.3) is 0 Å². The van der Waals surface area contributed by atoms with E-state index in [0.29, 0.717) is 17.6 Å². The van der Waals surface area contributed by atoms with E-state index in [1.807, 2.05) is 77.9 Å². The van der Waals surface area contributed by atoms with E-state index < -0.39 is 6.04 Å². The zero-order valence-electron chi connectivity index (χ0n) is 18.5. The summed E-state index contributed by atoms with van der Waals surface area (Å²) in [6.45, 7) is 6.26. The molecule has 1 atom stereocenters. The number of rotatable bonds is 2. The Morgan fingerprint density at radius 1 is 1.03 bits per heavy atom. The Balaban J connectivity index is 1.76. The largest absolute Gasteiger partial charge is 0.357 e. The van der Waals surface area contributed by atoms with E-state index in [9.17, 15) is 9.59 Å². The van der Waals surface area contributed by atoms with E-state index >= 15 is 0 Å². The molecule has 5 heteroatoms. The number of benzene rings is 2. The summed E-state index contributed by atoms with van der Waals surface area (Å²) < 4.78 is 0. The summed E-state index contributed by atoms with van der Waals surface area (Å²) in [6, 6.07) is 19.0. The fourth-order valence-corrected chi connectivity index (χ4v) is 5.59. The number of carbonyl (C=O) groups is 2. The second-order valence-electron chi connectivity index (χ2n) is 9.43. The number of aryl methyl sites for hydroxylation is 1. The smallest absolute Gasteiger partial charge is 0.259 e. The number of carbonyl (C=O) groups excluding carboxylic acids is 2. The molecule has 32 heavy (non-hydrogen) atoms. The molecule has 2 aliphatic rings. The van der Waals surface area contributed by atoms with Gasteiger partial charge in [0.15, 0.2) is 5.78 Å². The molecular formula is C27H26N2O2S. The van der Waals surface area contributed by atoms with Crippen molar-refractivity contribution in [3.63, 3.8) is 0 Å². The molecule has 3 aromatic rings. The SMILES string of the molecule is Cc1ccc(C(=O)N2c3ccccc3NC3=C(C(=O)CC(C)(C)C3)C2c2cccs2)cc1. The molecule has 5 rings (SSSR count). The number of Topliss-reactive ketones (excluding diaryl/α,β-unsaturated/α-hetero) is 1. The monoisotopic (exact) mass is 442 g/mol. The summed E-state index contributed by atoms with van der Waals surface area (Å²) in [7, 11) is 0. The Hall–Kier alpha value is -3.18. The van der Waals surface area contributed by atoms with Crippen molar-refractivity contribution in [2.24, 2.45) is 5.41 Å². The van der Waals surface area contributed by atoms with Crippen molar-refractivity contribution in [3.05, 3.63) is 93.3 Å². The van der Waals surface area contributed by atoms with Crippen molar-refractivity contribution in [3.8, 4) is 0 Å². The van der Waals surface area contributed by atoms with Crippen LogP contribution in [-0.4, -0.2) is 11.7 Å². The van der Waals surface area contributed by atoms with Crippen LogP contribution in [0.2, 0.25) is 0 Å². The van der Waals surface area contributed by atoms with Gasteiger partial charge in [-0.3, -0.25) is 14.5 Å². The molecule has 1 aliphatic heterocycles. The Bertz CT molecular complexity index is 1220. The minimum absolute atomic E-state index is 0.107. The van der Waals surface area contributed by atoms with Crippen LogP contribution in [0, 0.1) is 12.3 Å². The van der Waals surface area contributed by atoms with Crippen molar-refractivity contribution in [1.82, 2.24) is 0 Å². The lowest BCUT2D eigenvalue weighted by atomic mass is 9.74. The highest BCUT2D eigenvalue weighted by Gasteiger charge is 2.43. The molecule has 1 amide bonds. The molecule has 162 valence electrons. The zero-order valence-corrected chi connectivity index (χ0v) is 19.3. The predicted octanol–water partition coefficient (Wildman–Crippen LogP) is 6.51. The molecule has 0 saturated carbocycles. The average molecular weight is 443 g/mol. The van der Waals surface area contributed by atoms with Gasteiger partial charge in [0.2, 0.25) is 0 Å². The van der Waals surface area contributed by atoms with Crippen LogP contribution in [0.1, 0.15) is 53.5 Å². The van der Waals surface area contributed by atoms with Gasteiger partial charge in [-0.05, 0) is 54.5 Å². The van der Waals surface area contributed by atoms with Crippen LogP contribution in [-0.2, 0) is 4.79 Å². The predicted molar refractivity (Wildman–Crippen MR) is 130 cm³/mol. The normalized spacial score (nSPS) is 19.7. The number of ketones is 1. The lowest BCUT2D eigenvalue weighted by molar-refractivity contribution is -0.118. The number of allylic oxidation sites excluding steroid dienone is 1. The molecule has 1 unspecified atom stereocenters. The van der Waals surface area contributed by atoms with Crippen molar-refractivity contribution < 1.29 is 9.59 Å². The first-order valence-corrected chi connectivity index (χ1v) is 11.8. The second-order valence-corrected chi connectivity index (χ2v) is 10.4. The molecule has 1 N–H and O–H groups in total. The van der Waals surface area contributed by atoms with Gasteiger partial charge < -0.3 is 5.32 Å². The fourth-order valence-electron chi connectivity index (χ4n) is 4.76. The lowest BCUT2D eigenvalue weighted by Gasteiger charge is -2.36. The van der Waals surface area contributed by atoms with Gasteiger partial charge in [0.25, 0.3) is 5.91 Å². The van der Waals surface area contributed by atoms with E-state index in [4.69, 9.17) is 0 Å². The van der Waals surface area contributed by atoms with Crippen LogP contribution in [0.4, 0.5) is 11.4 Å². The van der Waals surface area contributed by atoms with Crippen LogP contribution in [0.5, 0.6) is 0 Å². The molecule has 1 aliphatic carbocycles. The topological polar surface area (TPSA) is 49.4 Å². The average Bonchev–Trinajstić information content (AvgIpc) is 3.23. The summed E-state index contributed by atoms with van der Waals surface area (Å²) in [6.07, 6.45) is 1.23.